The van der Waals surface area contributed by atoms with E-state index in [1.807, 2.05) is 13.1 Å². The first-order valence-corrected chi connectivity index (χ1v) is 14.1. The van der Waals surface area contributed by atoms with Gasteiger partial charge in [-0.15, -0.1) is 0 Å². The number of aromatic nitrogens is 1. The maximum absolute atomic E-state index is 12.1. The van der Waals surface area contributed by atoms with Crippen molar-refractivity contribution in [3.63, 3.8) is 0 Å². The third-order valence-electron chi connectivity index (χ3n) is 6.85. The Balaban J connectivity index is 1.64. The van der Waals surface area contributed by atoms with Gasteiger partial charge in [-0.05, 0) is 13.3 Å². The summed E-state index contributed by atoms with van der Waals surface area (Å²) in [5, 5.41) is 0. The van der Waals surface area contributed by atoms with Gasteiger partial charge in [0.25, 0.3) is 0 Å². The maximum atomic E-state index is 12.1. The van der Waals surface area contributed by atoms with E-state index in [9.17, 15) is 4.79 Å². The largest absolute Gasteiger partial charge is 0.465 e. The molecule has 2 rings (SSSR count). The number of carbonyl (C=O) groups excluding carboxylic acids is 1. The number of ether oxygens (including phenoxy) is 3. The number of unbranched alkanes of at least 4 members (excludes halogenated alkanes) is 8. The first-order chi connectivity index (χ1) is 16.9. The van der Waals surface area contributed by atoms with E-state index in [1.165, 1.54) is 50.5 Å². The molecule has 1 aromatic rings. The Labute approximate surface area is 214 Å². The van der Waals surface area contributed by atoms with Crippen molar-refractivity contribution >= 4 is 5.97 Å². The van der Waals surface area contributed by atoms with E-state index in [-0.39, 0.29) is 12.3 Å². The Morgan fingerprint density at radius 2 is 1.71 bits per heavy atom. The molecular formula is C29H51N2O4+. The molecule has 0 saturated heterocycles. The predicted octanol–water partition coefficient (Wildman–Crippen LogP) is 6.86. The van der Waals surface area contributed by atoms with Gasteiger partial charge in [-0.1, -0.05) is 71.6 Å². The lowest BCUT2D eigenvalue weighted by Gasteiger charge is -2.33. The fraction of sp³-hybridized carbons (Fsp3) is 0.793. The second kappa shape index (κ2) is 16.2. The minimum Gasteiger partial charge on any atom is -0.465 e. The third kappa shape index (κ3) is 11.3. The second-order valence-corrected chi connectivity index (χ2v) is 10.8. The van der Waals surface area contributed by atoms with Crippen LogP contribution in [0.4, 0.5) is 0 Å². The average molecular weight is 492 g/mol. The number of rotatable bonds is 18. The number of quaternary nitrogens is 1. The molecule has 35 heavy (non-hydrogen) atoms. The predicted molar refractivity (Wildman–Crippen MR) is 141 cm³/mol. The molecule has 0 bridgehead atoms. The van der Waals surface area contributed by atoms with Gasteiger partial charge in [-0.3, -0.25) is 9.78 Å². The molecule has 0 radical (unpaired) electrons. The van der Waals surface area contributed by atoms with Crippen molar-refractivity contribution < 1.29 is 23.5 Å². The van der Waals surface area contributed by atoms with Crippen LogP contribution in [-0.4, -0.2) is 49.0 Å². The highest BCUT2D eigenvalue weighted by Crippen LogP contribution is 2.33. The lowest BCUT2D eigenvalue weighted by atomic mass is 10.1. The number of hydrogen-bond donors (Lipinski definition) is 0. The van der Waals surface area contributed by atoms with Crippen LogP contribution < -0.4 is 4.74 Å². The molecule has 2 heterocycles. The van der Waals surface area contributed by atoms with Crippen molar-refractivity contribution in [2.45, 2.75) is 124 Å². The van der Waals surface area contributed by atoms with Gasteiger partial charge >= 0.3 is 5.97 Å². The van der Waals surface area contributed by atoms with Crippen molar-refractivity contribution in [2.75, 3.05) is 27.2 Å². The lowest BCUT2D eigenvalue weighted by Crippen LogP contribution is -2.40. The molecule has 1 aromatic heterocycles. The molecule has 0 amide bonds. The summed E-state index contributed by atoms with van der Waals surface area (Å²) in [6, 6.07) is 0. The molecule has 0 spiro atoms. The van der Waals surface area contributed by atoms with E-state index in [4.69, 9.17) is 14.2 Å². The second-order valence-electron chi connectivity index (χ2n) is 10.8. The number of fused-ring (bicyclic) bond motifs is 1. The molecule has 1 atom stereocenters. The summed E-state index contributed by atoms with van der Waals surface area (Å²) >= 11 is 0. The lowest BCUT2D eigenvalue weighted by molar-refractivity contribution is -0.903. The minimum atomic E-state index is -0.170. The Morgan fingerprint density at radius 1 is 1.03 bits per heavy atom. The monoisotopic (exact) mass is 491 g/mol. The Kier molecular flexibility index (Phi) is 13.6. The smallest absolute Gasteiger partial charge is 0.305 e. The third-order valence-corrected chi connectivity index (χ3v) is 6.85. The topological polar surface area (TPSA) is 57.7 Å². The Bertz CT molecular complexity index is 750. The summed E-state index contributed by atoms with van der Waals surface area (Å²) in [5.41, 5.74) is 3.23. The molecule has 200 valence electrons. The molecule has 1 aliphatic rings. The highest BCUT2D eigenvalue weighted by molar-refractivity contribution is 5.69. The molecule has 1 aliphatic heterocycles. The zero-order chi connectivity index (χ0) is 25.5. The van der Waals surface area contributed by atoms with Crippen molar-refractivity contribution in [1.82, 2.24) is 4.98 Å². The highest BCUT2D eigenvalue weighted by atomic mass is 16.7. The van der Waals surface area contributed by atoms with Gasteiger partial charge in [-0.2, -0.15) is 0 Å². The summed E-state index contributed by atoms with van der Waals surface area (Å²) in [5.74, 6) is 0.851. The van der Waals surface area contributed by atoms with Gasteiger partial charge in [-0.25, -0.2) is 0 Å². The van der Waals surface area contributed by atoms with E-state index in [0.29, 0.717) is 19.6 Å². The summed E-state index contributed by atoms with van der Waals surface area (Å²) in [6.07, 6.45) is 16.4. The zero-order valence-electron chi connectivity index (χ0n) is 23.2. The fourth-order valence-electron chi connectivity index (χ4n) is 4.72. The summed E-state index contributed by atoms with van der Waals surface area (Å²) in [7, 11) is 4.42. The molecule has 0 fully saturated rings. The first-order valence-electron chi connectivity index (χ1n) is 14.1. The van der Waals surface area contributed by atoms with Crippen LogP contribution >= 0.6 is 0 Å². The normalized spacial score (nSPS) is 15.5. The molecule has 0 N–H and O–H groups in total. The molecule has 0 aliphatic carbocycles. The number of hydrogen-bond acceptors (Lipinski definition) is 5. The van der Waals surface area contributed by atoms with E-state index in [2.05, 4.69) is 32.9 Å². The summed E-state index contributed by atoms with van der Waals surface area (Å²) in [6.45, 7) is 9.23. The van der Waals surface area contributed by atoms with Crippen LogP contribution in [0.25, 0.3) is 0 Å². The van der Waals surface area contributed by atoms with Crippen LogP contribution in [0.3, 0.4) is 0 Å². The van der Waals surface area contributed by atoms with Gasteiger partial charge in [0.15, 0.2) is 6.29 Å². The molecule has 6 nitrogen and oxygen atoms in total. The van der Waals surface area contributed by atoms with Gasteiger partial charge < -0.3 is 18.7 Å². The number of pyridine rings is 1. The molecule has 6 heteroatoms. The molecule has 0 aromatic carbocycles. The number of nitrogens with zero attached hydrogens (tertiary/aromatic N) is 2. The van der Waals surface area contributed by atoms with Crippen LogP contribution in [0.1, 0.15) is 114 Å². The summed E-state index contributed by atoms with van der Waals surface area (Å²) < 4.78 is 18.3. The van der Waals surface area contributed by atoms with Crippen LogP contribution in [0.5, 0.6) is 5.75 Å². The van der Waals surface area contributed by atoms with Crippen LogP contribution in [0, 0.1) is 6.92 Å². The fourth-order valence-corrected chi connectivity index (χ4v) is 4.72. The quantitative estimate of drug-likeness (QED) is 0.128. The zero-order valence-corrected chi connectivity index (χ0v) is 23.2. The van der Waals surface area contributed by atoms with Gasteiger partial charge in [0.05, 0.1) is 39.5 Å². The maximum Gasteiger partial charge on any atom is 0.305 e. The molecule has 1 unspecified atom stereocenters. The van der Waals surface area contributed by atoms with Crippen molar-refractivity contribution in [1.29, 1.82) is 0 Å². The molecule has 0 saturated carbocycles. The number of esters is 1. The van der Waals surface area contributed by atoms with Crippen molar-refractivity contribution in [3.05, 3.63) is 23.0 Å². The van der Waals surface area contributed by atoms with Gasteiger partial charge in [0.2, 0.25) is 0 Å². The van der Waals surface area contributed by atoms with Crippen LogP contribution in [0.2, 0.25) is 0 Å². The van der Waals surface area contributed by atoms with E-state index in [0.717, 1.165) is 66.7 Å². The Hall–Kier alpha value is -1.66. The number of carbonyl (C=O) groups is 1. The average Bonchev–Trinajstić information content (AvgIpc) is 2.83. The van der Waals surface area contributed by atoms with Crippen LogP contribution in [0.15, 0.2) is 6.20 Å². The van der Waals surface area contributed by atoms with Crippen molar-refractivity contribution in [3.8, 4) is 5.75 Å². The van der Waals surface area contributed by atoms with E-state index >= 15 is 0 Å². The van der Waals surface area contributed by atoms with Crippen LogP contribution in [-0.2, 0) is 27.4 Å². The van der Waals surface area contributed by atoms with Gasteiger partial charge in [0.1, 0.15) is 12.3 Å². The molecular weight excluding hydrogens is 440 g/mol. The van der Waals surface area contributed by atoms with E-state index in [1.54, 1.807) is 0 Å². The van der Waals surface area contributed by atoms with Gasteiger partial charge in [0, 0.05) is 36.6 Å². The minimum absolute atomic E-state index is 0.0500. The first kappa shape index (κ1) is 29.6. The highest BCUT2D eigenvalue weighted by Gasteiger charge is 2.27. The summed E-state index contributed by atoms with van der Waals surface area (Å²) in [4.78, 5) is 16.7. The number of aryl methyl sites for hydroxylation is 1. The Morgan fingerprint density at radius 3 is 2.40 bits per heavy atom. The van der Waals surface area contributed by atoms with E-state index < -0.39 is 0 Å². The standard InChI is InChI=1S/C29H51N2O4/c1-6-8-9-10-11-12-13-14-15-18-27(32)33-20-16-19-31(4,5)22-25-21-30-24(3)29-26(25)23-34-28(35-29)17-7-2/h21,28H,6-20,22-23H2,1-5H3/q+1. The SMILES string of the molecule is CCCCCCCCCCCC(=O)OCCC[N+](C)(C)Cc1cnc(C)c2c1COC(CCC)O2. The van der Waals surface area contributed by atoms with Crippen molar-refractivity contribution in [2.24, 2.45) is 0 Å².